The summed E-state index contributed by atoms with van der Waals surface area (Å²) < 4.78 is 29.8. The molecule has 4 heterocycles. The largest absolute Gasteiger partial charge is 0.445 e. The van der Waals surface area contributed by atoms with Gasteiger partial charge in [0.1, 0.15) is 16.8 Å². The molecule has 0 spiro atoms. The molecule has 29 heavy (non-hydrogen) atoms. The third-order valence-electron chi connectivity index (χ3n) is 5.47. The Labute approximate surface area is 178 Å². The Morgan fingerprint density at radius 3 is 2.79 bits per heavy atom. The van der Waals surface area contributed by atoms with Gasteiger partial charge >= 0.3 is 0 Å². The van der Waals surface area contributed by atoms with Gasteiger partial charge in [-0.15, -0.1) is 11.3 Å². The molecule has 2 aromatic rings. The van der Waals surface area contributed by atoms with Crippen LogP contribution in [0.1, 0.15) is 48.8 Å². The Morgan fingerprint density at radius 2 is 2.14 bits per heavy atom. The number of aliphatic imine (C=N–C) groups is 1. The van der Waals surface area contributed by atoms with Crippen LogP contribution in [0.2, 0.25) is 5.02 Å². The topological polar surface area (TPSA) is 108 Å². The maximum absolute atomic E-state index is 12.8. The van der Waals surface area contributed by atoms with Crippen LogP contribution < -0.4 is 5.32 Å². The van der Waals surface area contributed by atoms with Crippen molar-refractivity contribution >= 4 is 50.4 Å². The summed E-state index contributed by atoms with van der Waals surface area (Å²) in [6, 6.07) is 1.86. The summed E-state index contributed by atoms with van der Waals surface area (Å²) in [5, 5.41) is 11.8. The van der Waals surface area contributed by atoms with Gasteiger partial charge in [0.2, 0.25) is 5.89 Å². The van der Waals surface area contributed by atoms with E-state index < -0.39 is 20.1 Å². The van der Waals surface area contributed by atoms with Gasteiger partial charge in [0.15, 0.2) is 9.84 Å². The highest BCUT2D eigenvalue weighted by molar-refractivity contribution is 7.93. The molecule has 2 aromatic heterocycles. The number of hydrogen-bond donors (Lipinski definition) is 2. The summed E-state index contributed by atoms with van der Waals surface area (Å²) in [7, 11) is -3.53. The van der Waals surface area contributed by atoms with Crippen molar-refractivity contribution in [1.82, 2.24) is 10.3 Å². The number of nitrogens with zero attached hydrogens (tertiary/aromatic N) is 2. The Balaban J connectivity index is 1.65. The summed E-state index contributed by atoms with van der Waals surface area (Å²) in [6.07, 6.45) is 7.35. The number of nitrogens with one attached hydrogen (secondary N) is 2. The van der Waals surface area contributed by atoms with Crippen molar-refractivity contribution in [1.29, 1.82) is 5.41 Å². The van der Waals surface area contributed by atoms with Gasteiger partial charge in [0, 0.05) is 33.7 Å². The van der Waals surface area contributed by atoms with E-state index in [1.54, 1.807) is 33.2 Å². The maximum atomic E-state index is 12.8. The summed E-state index contributed by atoms with van der Waals surface area (Å²) >= 11 is 8.00. The van der Waals surface area contributed by atoms with E-state index in [1.807, 2.05) is 12.3 Å². The van der Waals surface area contributed by atoms with Crippen molar-refractivity contribution in [3.05, 3.63) is 45.4 Å². The predicted octanol–water partition coefficient (Wildman–Crippen LogP) is 3.98. The third kappa shape index (κ3) is 3.35. The lowest BCUT2D eigenvalue weighted by molar-refractivity contribution is 0.450. The Morgan fingerprint density at radius 1 is 1.38 bits per heavy atom. The lowest BCUT2D eigenvalue weighted by Gasteiger charge is -2.42. The molecular weight excluding hydrogens is 432 g/mol. The molecule has 2 aliphatic rings. The molecular formula is C19H21ClN4O3S2. The molecule has 4 rings (SSSR count). The minimum absolute atomic E-state index is 0.0159. The molecule has 0 aliphatic carbocycles. The second kappa shape index (κ2) is 6.78. The number of amidine groups is 1. The molecule has 1 unspecified atom stereocenters. The molecule has 7 nitrogen and oxygen atoms in total. The second-order valence-electron chi connectivity index (χ2n) is 8.03. The van der Waals surface area contributed by atoms with E-state index in [-0.39, 0.29) is 17.5 Å². The normalized spacial score (nSPS) is 28.1. The number of oxazole rings is 1. The number of thiophene rings is 1. The van der Waals surface area contributed by atoms with Crippen molar-refractivity contribution in [2.24, 2.45) is 4.99 Å². The maximum Gasteiger partial charge on any atom is 0.223 e. The molecule has 0 aromatic carbocycles. The van der Waals surface area contributed by atoms with Gasteiger partial charge < -0.3 is 9.73 Å². The van der Waals surface area contributed by atoms with Crippen LogP contribution in [0.3, 0.4) is 0 Å². The van der Waals surface area contributed by atoms with Gasteiger partial charge in [-0.1, -0.05) is 11.6 Å². The highest BCUT2D eigenvalue weighted by Gasteiger charge is 2.51. The van der Waals surface area contributed by atoms with E-state index in [0.29, 0.717) is 22.2 Å². The summed E-state index contributed by atoms with van der Waals surface area (Å²) in [4.78, 5) is 10.2. The molecule has 1 fully saturated rings. The lowest BCUT2D eigenvalue weighted by atomic mass is 9.97. The van der Waals surface area contributed by atoms with Crippen LogP contribution in [0.5, 0.6) is 0 Å². The fourth-order valence-corrected chi connectivity index (χ4v) is 7.03. The van der Waals surface area contributed by atoms with Crippen LogP contribution in [-0.4, -0.2) is 36.0 Å². The quantitative estimate of drug-likeness (QED) is 0.732. The van der Waals surface area contributed by atoms with Gasteiger partial charge in [-0.25, -0.2) is 13.4 Å². The Bertz CT molecular complexity index is 1130. The molecule has 2 N–H and O–H groups in total. The van der Waals surface area contributed by atoms with Gasteiger partial charge in [0.05, 0.1) is 22.5 Å². The number of sulfone groups is 1. The molecule has 0 saturated carbocycles. The van der Waals surface area contributed by atoms with Crippen molar-refractivity contribution in [2.45, 2.75) is 43.4 Å². The van der Waals surface area contributed by atoms with Crippen LogP contribution in [0, 0.1) is 5.41 Å². The van der Waals surface area contributed by atoms with Crippen LogP contribution in [0.25, 0.3) is 5.57 Å². The van der Waals surface area contributed by atoms with E-state index in [4.69, 9.17) is 21.4 Å². The zero-order valence-corrected chi connectivity index (χ0v) is 18.6. The smallest absolute Gasteiger partial charge is 0.223 e. The molecule has 1 saturated heterocycles. The minimum Gasteiger partial charge on any atom is -0.445 e. The predicted molar refractivity (Wildman–Crippen MR) is 116 cm³/mol. The third-order valence-corrected chi connectivity index (χ3v) is 10.1. The Hall–Kier alpha value is -1.97. The van der Waals surface area contributed by atoms with E-state index in [2.05, 4.69) is 15.3 Å². The summed E-state index contributed by atoms with van der Waals surface area (Å²) in [6.45, 7) is 4.88. The first-order chi connectivity index (χ1) is 13.5. The molecule has 2 aliphatic heterocycles. The molecule has 2 atom stereocenters. The fraction of sp³-hybridized carbons (Fsp3) is 0.421. The Kier molecular flexibility index (Phi) is 4.75. The SMILES string of the molecule is CC1(C)C(=N)N[C@](C)(c2sc(C3C=NC=C(c4ncco4)C3)cc2Cl)CS1(=O)=O. The highest BCUT2D eigenvalue weighted by Crippen LogP contribution is 2.44. The van der Waals surface area contributed by atoms with Crippen molar-refractivity contribution in [3.63, 3.8) is 0 Å². The molecule has 0 bridgehead atoms. The van der Waals surface area contributed by atoms with E-state index in [0.717, 1.165) is 10.5 Å². The number of aromatic nitrogens is 1. The zero-order valence-electron chi connectivity index (χ0n) is 16.2. The average Bonchev–Trinajstić information content (AvgIpc) is 3.30. The van der Waals surface area contributed by atoms with Gasteiger partial charge in [0.25, 0.3) is 0 Å². The van der Waals surface area contributed by atoms with Crippen molar-refractivity contribution in [3.8, 4) is 0 Å². The first kappa shape index (κ1) is 20.3. The van der Waals surface area contributed by atoms with Crippen LogP contribution in [-0.2, 0) is 15.4 Å². The van der Waals surface area contributed by atoms with Crippen LogP contribution >= 0.6 is 22.9 Å². The van der Waals surface area contributed by atoms with Crippen molar-refractivity contribution < 1.29 is 12.8 Å². The number of rotatable bonds is 3. The first-order valence-corrected chi connectivity index (χ1v) is 11.9. The van der Waals surface area contributed by atoms with E-state index >= 15 is 0 Å². The average molecular weight is 453 g/mol. The summed E-state index contributed by atoms with van der Waals surface area (Å²) in [5.74, 6) is 0.371. The van der Waals surface area contributed by atoms with Crippen molar-refractivity contribution in [2.75, 3.05) is 5.75 Å². The summed E-state index contributed by atoms with van der Waals surface area (Å²) in [5.41, 5.74) is -0.0694. The monoisotopic (exact) mass is 452 g/mol. The highest BCUT2D eigenvalue weighted by atomic mass is 35.5. The van der Waals surface area contributed by atoms with Crippen LogP contribution in [0.4, 0.5) is 0 Å². The molecule has 0 amide bonds. The first-order valence-electron chi connectivity index (χ1n) is 9.05. The lowest BCUT2D eigenvalue weighted by Crippen LogP contribution is -2.63. The molecule has 0 radical (unpaired) electrons. The second-order valence-corrected chi connectivity index (χ2v) is 12.1. The molecule has 154 valence electrons. The molecule has 10 heteroatoms. The number of hydrogen-bond acceptors (Lipinski definition) is 7. The van der Waals surface area contributed by atoms with E-state index in [9.17, 15) is 8.42 Å². The van der Waals surface area contributed by atoms with Gasteiger partial charge in [-0.2, -0.15) is 0 Å². The standard InChI is InChI=1S/C19H21ClN4O3S2/c1-18(2)17(21)24-19(3,10-29(18,25)26)15-13(20)7-14(28-15)11-6-12(9-22-8-11)16-23-4-5-27-16/h4-5,7-9,11H,6,10H2,1-3H3,(H2,21,24)/t11?,19-/m0/s1. The zero-order chi connectivity index (χ0) is 21.0. The van der Waals surface area contributed by atoms with Gasteiger partial charge in [-0.05, 0) is 33.3 Å². The van der Waals surface area contributed by atoms with Gasteiger partial charge in [-0.3, -0.25) is 10.4 Å². The van der Waals surface area contributed by atoms with E-state index in [1.165, 1.54) is 17.6 Å². The number of allylic oxidation sites excluding steroid dienone is 1. The number of halogens is 1. The minimum atomic E-state index is -3.53. The fourth-order valence-electron chi connectivity index (χ4n) is 3.52. The van der Waals surface area contributed by atoms with Crippen LogP contribution in [0.15, 0.2) is 34.1 Å².